The highest BCUT2D eigenvalue weighted by molar-refractivity contribution is 5.95. The lowest BCUT2D eigenvalue weighted by Gasteiger charge is -2.21. The maximum absolute atomic E-state index is 12.2. The van der Waals surface area contributed by atoms with E-state index in [0.29, 0.717) is 6.04 Å². The largest absolute Gasteiger partial charge is 0.478 e. The third kappa shape index (κ3) is 8.21. The monoisotopic (exact) mass is 548 g/mol. The number of pyridine rings is 1. The molecule has 1 aliphatic heterocycles. The highest BCUT2D eigenvalue weighted by atomic mass is 16.6. The second kappa shape index (κ2) is 14.0. The van der Waals surface area contributed by atoms with Crippen LogP contribution in [0.15, 0.2) is 73.1 Å². The molecule has 0 unspecified atom stereocenters. The van der Waals surface area contributed by atoms with Crippen LogP contribution in [0.3, 0.4) is 0 Å². The molecule has 10 nitrogen and oxygen atoms in total. The zero-order chi connectivity index (χ0) is 29.2. The molecule has 3 aromatic rings. The molecule has 0 bridgehead atoms. The van der Waals surface area contributed by atoms with Gasteiger partial charge < -0.3 is 19.7 Å². The number of carboxylic acid groups (broad SMARTS) is 2. The van der Waals surface area contributed by atoms with Gasteiger partial charge in [0.25, 0.3) is 0 Å². The summed E-state index contributed by atoms with van der Waals surface area (Å²) in [4.78, 5) is 53.9. The standard InChI is InChI=1S/C20H18O8.C10H14N2/c1-11-3-7-13(8-4-11)19(25)27-15(17(21)22)16(18(23)24)28-20(26)14-9-5-12(2)6-10-14;1-12-7-3-5-10(12)9-4-2-6-11-8-9/h3-10,15-16H,1-2H3,(H,21,22)(H,23,24);2,4,6,8,10H,3,5,7H2,1H3/t15-,16-;10-/m01/s1. The third-order valence-electron chi connectivity index (χ3n) is 6.39. The van der Waals surface area contributed by atoms with Gasteiger partial charge >= 0.3 is 23.9 Å². The molecule has 0 radical (unpaired) electrons. The predicted octanol–water partition coefficient (Wildman–Crippen LogP) is 4.07. The molecule has 1 saturated heterocycles. The van der Waals surface area contributed by atoms with Gasteiger partial charge in [-0.05, 0) is 76.2 Å². The Morgan fingerprint density at radius 1 is 0.825 bits per heavy atom. The first-order valence-electron chi connectivity index (χ1n) is 12.7. The molecular formula is C30H32N2O8. The number of benzene rings is 2. The zero-order valence-electron chi connectivity index (χ0n) is 22.5. The summed E-state index contributed by atoms with van der Waals surface area (Å²) in [6.45, 7) is 4.81. The molecule has 0 amide bonds. The van der Waals surface area contributed by atoms with E-state index >= 15 is 0 Å². The van der Waals surface area contributed by atoms with Crippen molar-refractivity contribution in [2.24, 2.45) is 0 Å². The van der Waals surface area contributed by atoms with Crippen LogP contribution in [0.25, 0.3) is 0 Å². The highest BCUT2D eigenvalue weighted by Gasteiger charge is 2.41. The van der Waals surface area contributed by atoms with Crippen molar-refractivity contribution in [1.29, 1.82) is 0 Å². The van der Waals surface area contributed by atoms with Crippen molar-refractivity contribution in [3.63, 3.8) is 0 Å². The van der Waals surface area contributed by atoms with Gasteiger partial charge in [-0.1, -0.05) is 41.5 Å². The van der Waals surface area contributed by atoms with E-state index in [1.54, 1.807) is 38.1 Å². The number of rotatable bonds is 8. The second-order valence-electron chi connectivity index (χ2n) is 9.49. The topological polar surface area (TPSA) is 143 Å². The van der Waals surface area contributed by atoms with Gasteiger partial charge in [-0.3, -0.25) is 9.88 Å². The van der Waals surface area contributed by atoms with Crippen molar-refractivity contribution in [3.8, 4) is 0 Å². The molecule has 10 heteroatoms. The molecule has 2 aromatic carbocycles. The van der Waals surface area contributed by atoms with Gasteiger partial charge in [-0.2, -0.15) is 0 Å². The second-order valence-corrected chi connectivity index (χ2v) is 9.49. The molecule has 1 aliphatic rings. The van der Waals surface area contributed by atoms with Crippen molar-refractivity contribution in [3.05, 3.63) is 101 Å². The first-order valence-corrected chi connectivity index (χ1v) is 12.7. The Balaban J connectivity index is 0.000000302. The molecule has 210 valence electrons. The lowest BCUT2D eigenvalue weighted by atomic mass is 10.1. The average molecular weight is 549 g/mol. The molecule has 0 spiro atoms. The summed E-state index contributed by atoms with van der Waals surface area (Å²) in [5.41, 5.74) is 3.15. The average Bonchev–Trinajstić information content (AvgIpc) is 3.37. The number of likely N-dealkylation sites (tertiary alicyclic amines) is 1. The van der Waals surface area contributed by atoms with Crippen molar-refractivity contribution in [2.75, 3.05) is 13.6 Å². The Morgan fingerprint density at radius 2 is 1.30 bits per heavy atom. The molecule has 40 heavy (non-hydrogen) atoms. The van der Waals surface area contributed by atoms with E-state index in [4.69, 9.17) is 9.47 Å². The van der Waals surface area contributed by atoms with E-state index in [0.717, 1.165) is 11.1 Å². The Labute approximate surface area is 232 Å². The number of carboxylic acids is 2. The SMILES string of the molecule is CN1CCC[C@@H]1c1cccnc1.Cc1ccc(C(=O)O[C@H](C(=O)O)[C@H](OC(=O)c2ccc(C)cc2)C(=O)O)cc1. The van der Waals surface area contributed by atoms with E-state index in [1.807, 2.05) is 18.5 Å². The van der Waals surface area contributed by atoms with Crippen LogP contribution >= 0.6 is 0 Å². The fourth-order valence-electron chi connectivity index (χ4n) is 4.13. The van der Waals surface area contributed by atoms with Gasteiger partial charge in [-0.15, -0.1) is 0 Å². The Morgan fingerprint density at radius 3 is 1.65 bits per heavy atom. The molecule has 2 heterocycles. The van der Waals surface area contributed by atoms with Gasteiger partial charge in [0.15, 0.2) is 0 Å². The van der Waals surface area contributed by atoms with E-state index in [1.165, 1.54) is 49.2 Å². The van der Waals surface area contributed by atoms with Crippen LogP contribution < -0.4 is 0 Å². The Kier molecular flexibility index (Phi) is 10.5. The van der Waals surface area contributed by atoms with E-state index in [9.17, 15) is 29.4 Å². The van der Waals surface area contributed by atoms with Crippen molar-refractivity contribution >= 4 is 23.9 Å². The van der Waals surface area contributed by atoms with Crippen LogP contribution in [0.4, 0.5) is 0 Å². The zero-order valence-corrected chi connectivity index (χ0v) is 22.5. The van der Waals surface area contributed by atoms with Crippen molar-refractivity contribution in [1.82, 2.24) is 9.88 Å². The molecule has 3 atom stereocenters. The first kappa shape index (κ1) is 30.0. The Hall–Kier alpha value is -4.57. The first-order chi connectivity index (χ1) is 19.1. The summed E-state index contributed by atoms with van der Waals surface area (Å²) < 4.78 is 9.64. The molecular weight excluding hydrogens is 516 g/mol. The summed E-state index contributed by atoms with van der Waals surface area (Å²) >= 11 is 0. The number of aliphatic carboxylic acids is 2. The van der Waals surface area contributed by atoms with Crippen LogP contribution in [0.5, 0.6) is 0 Å². The number of aromatic nitrogens is 1. The van der Waals surface area contributed by atoms with Gasteiger partial charge in [0.1, 0.15) is 0 Å². The van der Waals surface area contributed by atoms with Crippen LogP contribution in [-0.2, 0) is 19.1 Å². The minimum absolute atomic E-state index is 0.0332. The van der Waals surface area contributed by atoms with Gasteiger partial charge in [-0.25, -0.2) is 19.2 Å². The summed E-state index contributed by atoms with van der Waals surface area (Å²) in [5.74, 6) is -5.62. The van der Waals surface area contributed by atoms with Crippen LogP contribution in [0.1, 0.15) is 56.3 Å². The number of carbonyl (C=O) groups excluding carboxylic acids is 2. The number of esters is 2. The maximum Gasteiger partial charge on any atom is 0.349 e. The third-order valence-corrected chi connectivity index (χ3v) is 6.39. The van der Waals surface area contributed by atoms with Gasteiger partial charge in [0, 0.05) is 18.4 Å². The van der Waals surface area contributed by atoms with Crippen molar-refractivity contribution in [2.45, 2.75) is 44.9 Å². The lowest BCUT2D eigenvalue weighted by molar-refractivity contribution is -0.166. The van der Waals surface area contributed by atoms with Crippen LogP contribution in [-0.4, -0.2) is 69.8 Å². The summed E-state index contributed by atoms with van der Waals surface area (Å²) in [7, 11) is 2.19. The molecule has 0 aliphatic carbocycles. The normalized spacial score (nSPS) is 16.1. The predicted molar refractivity (Wildman–Crippen MR) is 145 cm³/mol. The Bertz CT molecular complexity index is 1230. The fourth-order valence-corrected chi connectivity index (χ4v) is 4.13. The highest BCUT2D eigenvalue weighted by Crippen LogP contribution is 2.29. The summed E-state index contributed by atoms with van der Waals surface area (Å²) in [6.07, 6.45) is 1.96. The van der Waals surface area contributed by atoms with E-state index < -0.39 is 36.1 Å². The number of carbonyl (C=O) groups is 4. The fraction of sp³-hybridized carbons (Fsp3) is 0.300. The molecule has 1 aromatic heterocycles. The number of ether oxygens (including phenoxy) is 2. The van der Waals surface area contributed by atoms with Gasteiger partial charge in [0.05, 0.1) is 11.1 Å². The number of hydrogen-bond donors (Lipinski definition) is 2. The lowest BCUT2D eigenvalue weighted by Crippen LogP contribution is -2.45. The van der Waals surface area contributed by atoms with E-state index in [2.05, 4.69) is 23.0 Å². The minimum Gasteiger partial charge on any atom is -0.478 e. The van der Waals surface area contributed by atoms with Crippen molar-refractivity contribution < 1.29 is 38.9 Å². The smallest absolute Gasteiger partial charge is 0.349 e. The minimum atomic E-state index is -2.22. The number of hydrogen-bond acceptors (Lipinski definition) is 8. The molecule has 4 rings (SSSR count). The quantitative estimate of drug-likeness (QED) is 0.395. The van der Waals surface area contributed by atoms with E-state index in [-0.39, 0.29) is 11.1 Å². The maximum atomic E-state index is 12.2. The molecule has 2 N–H and O–H groups in total. The van der Waals surface area contributed by atoms with Crippen LogP contribution in [0, 0.1) is 13.8 Å². The molecule has 0 saturated carbocycles. The molecule has 1 fully saturated rings. The van der Waals surface area contributed by atoms with Crippen LogP contribution in [0.2, 0.25) is 0 Å². The summed E-state index contributed by atoms with van der Waals surface area (Å²) in [5, 5.41) is 18.6. The number of nitrogens with zero attached hydrogens (tertiary/aromatic N) is 2. The van der Waals surface area contributed by atoms with Gasteiger partial charge in [0.2, 0.25) is 12.2 Å². The summed E-state index contributed by atoms with van der Waals surface area (Å²) in [6, 6.07) is 16.9. The number of aryl methyl sites for hydroxylation is 2.